The highest BCUT2D eigenvalue weighted by Gasteiger charge is 2.01. The van der Waals surface area contributed by atoms with Gasteiger partial charge < -0.3 is 19.9 Å². The fourth-order valence-corrected chi connectivity index (χ4v) is 1.97. The second-order valence-electron chi connectivity index (χ2n) is 4.65. The molecule has 0 unspecified atom stereocenters. The van der Waals surface area contributed by atoms with Crippen LogP contribution in [0, 0.1) is 0 Å². The molecule has 0 aliphatic heterocycles. The molecule has 0 aliphatic rings. The smallest absolute Gasteiger partial charge is 0.161 e. The van der Waals surface area contributed by atoms with Gasteiger partial charge in [0.25, 0.3) is 0 Å². The van der Waals surface area contributed by atoms with Gasteiger partial charge in [0.15, 0.2) is 11.5 Å². The lowest BCUT2D eigenvalue weighted by Crippen LogP contribution is -2.20. The molecule has 0 bridgehead atoms. The highest BCUT2D eigenvalue weighted by molar-refractivity contribution is 5.39. The minimum Gasteiger partial charge on any atom is -0.493 e. The summed E-state index contributed by atoms with van der Waals surface area (Å²) in [7, 11) is 1.64. The van der Waals surface area contributed by atoms with E-state index in [-0.39, 0.29) is 6.61 Å². The van der Waals surface area contributed by atoms with Crippen LogP contribution in [-0.4, -0.2) is 25.4 Å². The van der Waals surface area contributed by atoms with Crippen molar-refractivity contribution >= 4 is 0 Å². The molecular weight excluding hydrogens is 266 g/mol. The van der Waals surface area contributed by atoms with Gasteiger partial charge in [0.05, 0.1) is 13.7 Å². The van der Waals surface area contributed by atoms with Crippen LogP contribution >= 0.6 is 0 Å². The van der Waals surface area contributed by atoms with Crippen LogP contribution in [-0.2, 0) is 13.2 Å². The summed E-state index contributed by atoms with van der Waals surface area (Å²) >= 11 is 0. The van der Waals surface area contributed by atoms with Gasteiger partial charge in [-0.3, -0.25) is 0 Å². The number of ether oxygens (including phenoxy) is 2. The van der Waals surface area contributed by atoms with Gasteiger partial charge in [-0.25, -0.2) is 0 Å². The van der Waals surface area contributed by atoms with E-state index in [1.165, 1.54) is 5.56 Å². The first-order chi connectivity index (χ1) is 10.3. The molecule has 4 nitrogen and oxygen atoms in total. The Morgan fingerprint density at radius 1 is 0.952 bits per heavy atom. The highest BCUT2D eigenvalue weighted by atomic mass is 16.5. The Hall–Kier alpha value is -2.04. The van der Waals surface area contributed by atoms with Gasteiger partial charge >= 0.3 is 0 Å². The molecule has 0 radical (unpaired) electrons. The number of hydrogen-bond acceptors (Lipinski definition) is 4. The Bertz CT molecular complexity index is 540. The largest absolute Gasteiger partial charge is 0.493 e. The van der Waals surface area contributed by atoms with Crippen LogP contribution in [0.15, 0.2) is 48.5 Å². The first-order valence-electron chi connectivity index (χ1n) is 6.98. The lowest BCUT2D eigenvalue weighted by atomic mass is 10.1. The van der Waals surface area contributed by atoms with E-state index in [0.29, 0.717) is 6.61 Å². The molecular formula is C17H21NO3. The predicted molar refractivity (Wildman–Crippen MR) is 82.6 cm³/mol. The first-order valence-corrected chi connectivity index (χ1v) is 6.98. The molecule has 4 heteroatoms. The van der Waals surface area contributed by atoms with E-state index < -0.39 is 0 Å². The van der Waals surface area contributed by atoms with Crippen LogP contribution in [0.5, 0.6) is 11.5 Å². The highest BCUT2D eigenvalue weighted by Crippen LogP contribution is 2.25. The molecule has 2 N–H and O–H groups in total. The van der Waals surface area contributed by atoms with Crippen molar-refractivity contribution in [3.63, 3.8) is 0 Å². The second kappa shape index (κ2) is 8.29. The Labute approximate surface area is 125 Å². The third kappa shape index (κ3) is 4.77. The van der Waals surface area contributed by atoms with Gasteiger partial charge in [-0.1, -0.05) is 36.4 Å². The normalized spacial score (nSPS) is 10.4. The summed E-state index contributed by atoms with van der Waals surface area (Å²) in [6.45, 7) is 2.19. The molecule has 0 amide bonds. The van der Waals surface area contributed by atoms with Crippen LogP contribution in [0.25, 0.3) is 0 Å². The first kappa shape index (κ1) is 15.4. The summed E-state index contributed by atoms with van der Waals surface area (Å²) in [6, 6.07) is 15.5. The summed E-state index contributed by atoms with van der Waals surface area (Å²) < 4.78 is 10.9. The Kier molecular flexibility index (Phi) is 6.06. The quantitative estimate of drug-likeness (QED) is 0.732. The summed E-state index contributed by atoms with van der Waals surface area (Å²) in [5.41, 5.74) is 2.11. The van der Waals surface area contributed by atoms with Gasteiger partial charge in [0.1, 0.15) is 6.61 Å². The standard InChI is InChI=1S/C17H21NO3/c1-20-16-4-2-3-5-17(16)21-11-10-18-12-14-6-8-15(13-19)9-7-14/h2-9,18-19H,10-13H2,1H3. The van der Waals surface area contributed by atoms with Crippen molar-refractivity contribution in [3.05, 3.63) is 59.7 Å². The molecule has 0 saturated carbocycles. The van der Waals surface area contributed by atoms with E-state index in [9.17, 15) is 0 Å². The number of aliphatic hydroxyl groups is 1. The van der Waals surface area contributed by atoms with Crippen molar-refractivity contribution in [2.45, 2.75) is 13.2 Å². The molecule has 0 aromatic heterocycles. The zero-order valence-electron chi connectivity index (χ0n) is 12.2. The van der Waals surface area contributed by atoms with E-state index in [0.717, 1.165) is 30.2 Å². The minimum absolute atomic E-state index is 0.0838. The van der Waals surface area contributed by atoms with Crippen molar-refractivity contribution in [2.75, 3.05) is 20.3 Å². The number of rotatable bonds is 8. The summed E-state index contributed by atoms with van der Waals surface area (Å²) in [4.78, 5) is 0. The lowest BCUT2D eigenvalue weighted by molar-refractivity contribution is 0.282. The Morgan fingerprint density at radius 2 is 1.62 bits per heavy atom. The lowest BCUT2D eigenvalue weighted by Gasteiger charge is -2.11. The maximum absolute atomic E-state index is 8.98. The molecule has 0 fully saturated rings. The zero-order chi connectivity index (χ0) is 14.9. The third-order valence-corrected chi connectivity index (χ3v) is 3.14. The maximum atomic E-state index is 8.98. The summed E-state index contributed by atoms with van der Waals surface area (Å²) in [6.07, 6.45) is 0. The Balaban J connectivity index is 1.70. The average molecular weight is 287 g/mol. The van der Waals surface area contributed by atoms with Crippen molar-refractivity contribution < 1.29 is 14.6 Å². The second-order valence-corrected chi connectivity index (χ2v) is 4.65. The molecule has 112 valence electrons. The van der Waals surface area contributed by atoms with Gasteiger partial charge in [0.2, 0.25) is 0 Å². The van der Waals surface area contributed by atoms with Crippen LogP contribution < -0.4 is 14.8 Å². The summed E-state index contributed by atoms with van der Waals surface area (Å²) in [5, 5.41) is 12.3. The topological polar surface area (TPSA) is 50.7 Å². The van der Waals surface area contributed by atoms with E-state index >= 15 is 0 Å². The van der Waals surface area contributed by atoms with E-state index in [1.807, 2.05) is 48.5 Å². The number of nitrogens with one attached hydrogen (secondary N) is 1. The van der Waals surface area contributed by atoms with Crippen LogP contribution in [0.1, 0.15) is 11.1 Å². The molecule has 0 saturated heterocycles. The van der Waals surface area contributed by atoms with Crippen molar-refractivity contribution in [3.8, 4) is 11.5 Å². The SMILES string of the molecule is COc1ccccc1OCCNCc1ccc(CO)cc1. The van der Waals surface area contributed by atoms with E-state index in [4.69, 9.17) is 14.6 Å². The maximum Gasteiger partial charge on any atom is 0.161 e. The molecule has 0 atom stereocenters. The Morgan fingerprint density at radius 3 is 2.29 bits per heavy atom. The molecule has 0 aliphatic carbocycles. The third-order valence-electron chi connectivity index (χ3n) is 3.14. The minimum atomic E-state index is 0.0838. The van der Waals surface area contributed by atoms with Gasteiger partial charge in [-0.15, -0.1) is 0 Å². The van der Waals surface area contributed by atoms with Gasteiger partial charge in [-0.05, 0) is 23.3 Å². The molecule has 0 heterocycles. The van der Waals surface area contributed by atoms with Crippen LogP contribution in [0.4, 0.5) is 0 Å². The van der Waals surface area contributed by atoms with Crippen molar-refractivity contribution in [1.82, 2.24) is 5.32 Å². The van der Waals surface area contributed by atoms with E-state index in [1.54, 1.807) is 7.11 Å². The number of benzene rings is 2. The fraction of sp³-hybridized carbons (Fsp3) is 0.294. The fourth-order valence-electron chi connectivity index (χ4n) is 1.97. The van der Waals surface area contributed by atoms with Gasteiger partial charge in [0, 0.05) is 13.1 Å². The van der Waals surface area contributed by atoms with Crippen molar-refractivity contribution in [1.29, 1.82) is 0 Å². The molecule has 21 heavy (non-hydrogen) atoms. The average Bonchev–Trinajstić information content (AvgIpc) is 2.55. The molecule has 2 rings (SSSR count). The predicted octanol–water partition coefficient (Wildman–Crippen LogP) is 2.36. The molecule has 2 aromatic carbocycles. The van der Waals surface area contributed by atoms with Crippen LogP contribution in [0.2, 0.25) is 0 Å². The monoisotopic (exact) mass is 287 g/mol. The van der Waals surface area contributed by atoms with Gasteiger partial charge in [-0.2, -0.15) is 0 Å². The van der Waals surface area contributed by atoms with Crippen molar-refractivity contribution in [2.24, 2.45) is 0 Å². The molecule has 0 spiro atoms. The van der Waals surface area contributed by atoms with E-state index in [2.05, 4.69) is 5.32 Å². The van der Waals surface area contributed by atoms with Crippen LogP contribution in [0.3, 0.4) is 0 Å². The number of aliphatic hydroxyl groups excluding tert-OH is 1. The molecule has 2 aromatic rings. The number of methoxy groups -OCH3 is 1. The number of hydrogen-bond donors (Lipinski definition) is 2. The summed E-state index contributed by atoms with van der Waals surface area (Å²) in [5.74, 6) is 1.51. The number of para-hydroxylation sites is 2. The zero-order valence-corrected chi connectivity index (χ0v) is 12.2.